The predicted molar refractivity (Wildman–Crippen MR) is 223 cm³/mol. The summed E-state index contributed by atoms with van der Waals surface area (Å²) in [5.41, 5.74) is 0. The molecule has 0 radical (unpaired) electrons. The van der Waals surface area contributed by atoms with Crippen molar-refractivity contribution in [2.45, 2.75) is 155 Å². The topological polar surface area (TPSA) is 18.5 Å². The monoisotopic (exact) mass is 700 g/mol. The average molecular weight is 700 g/mol. The van der Waals surface area contributed by atoms with Crippen LogP contribution in [0.5, 0.6) is 0 Å². The fourth-order valence-electron chi connectivity index (χ4n) is 7.08. The van der Waals surface area contributed by atoms with Crippen molar-refractivity contribution in [3.8, 4) is 0 Å². The number of unbranched alkanes of at least 4 members (excludes halogenated alkanes) is 16. The first-order chi connectivity index (χ1) is 24.8. The van der Waals surface area contributed by atoms with E-state index in [1.54, 1.807) is 0 Å². The summed E-state index contributed by atoms with van der Waals surface area (Å²) < 4.78 is 12.6. The highest BCUT2D eigenvalue weighted by Crippen LogP contribution is 2.55. The van der Waals surface area contributed by atoms with Gasteiger partial charge in [-0.15, -0.1) is 0 Å². The molecule has 0 bridgehead atoms. The van der Waals surface area contributed by atoms with E-state index < -0.39 is 7.26 Å². The van der Waals surface area contributed by atoms with Gasteiger partial charge in [0.2, 0.25) is 0 Å². The molecular formula is C47H72O2P+. The Morgan fingerprint density at radius 3 is 1.26 bits per heavy atom. The molecule has 0 aromatic heterocycles. The third kappa shape index (κ3) is 16.8. The van der Waals surface area contributed by atoms with Gasteiger partial charge < -0.3 is 9.47 Å². The Labute approximate surface area is 309 Å². The van der Waals surface area contributed by atoms with Gasteiger partial charge in [-0.1, -0.05) is 164 Å². The van der Waals surface area contributed by atoms with Crippen molar-refractivity contribution in [3.05, 3.63) is 103 Å². The summed E-state index contributed by atoms with van der Waals surface area (Å²) in [7, 11) is -1.73. The highest BCUT2D eigenvalue weighted by atomic mass is 31.2. The smallest absolute Gasteiger partial charge is 0.157 e. The summed E-state index contributed by atoms with van der Waals surface area (Å²) in [5.74, 6) is 0. The molecule has 0 spiro atoms. The molecule has 0 saturated heterocycles. The van der Waals surface area contributed by atoms with E-state index in [1.807, 2.05) is 0 Å². The molecule has 3 aromatic rings. The molecular weight excluding hydrogens is 627 g/mol. The molecule has 0 aliphatic heterocycles. The van der Waals surface area contributed by atoms with Crippen molar-refractivity contribution in [1.82, 2.24) is 0 Å². The molecule has 3 aromatic carbocycles. The molecule has 0 saturated carbocycles. The van der Waals surface area contributed by atoms with Crippen molar-refractivity contribution < 1.29 is 9.47 Å². The Hall–Kier alpha value is -2.25. The molecule has 0 N–H and O–H groups in total. The number of benzene rings is 3. The lowest BCUT2D eigenvalue weighted by atomic mass is 10.1. The number of rotatable bonds is 31. The van der Waals surface area contributed by atoms with E-state index in [0.29, 0.717) is 0 Å². The summed E-state index contributed by atoms with van der Waals surface area (Å²) in [6.07, 6.45) is 32.7. The van der Waals surface area contributed by atoms with Gasteiger partial charge in [0, 0.05) is 13.2 Å². The Morgan fingerprint density at radius 1 is 0.440 bits per heavy atom. The second kappa shape index (κ2) is 28.3. The Balaban J connectivity index is 1.39. The minimum Gasteiger partial charge on any atom is -0.353 e. The maximum atomic E-state index is 6.29. The Morgan fingerprint density at radius 2 is 0.820 bits per heavy atom. The lowest BCUT2D eigenvalue weighted by Crippen LogP contribution is -2.33. The van der Waals surface area contributed by atoms with Crippen LogP contribution >= 0.6 is 7.26 Å². The fraction of sp³-hybridized carbons (Fsp3) is 0.574. The zero-order valence-corrected chi connectivity index (χ0v) is 33.0. The Bertz CT molecular complexity index is 1080. The van der Waals surface area contributed by atoms with Crippen molar-refractivity contribution in [2.75, 3.05) is 19.4 Å². The second-order valence-corrected chi connectivity index (χ2v) is 17.8. The molecule has 3 rings (SSSR count). The molecule has 0 atom stereocenters. The highest BCUT2D eigenvalue weighted by Gasteiger charge is 2.44. The van der Waals surface area contributed by atoms with Gasteiger partial charge in [-0.25, -0.2) is 0 Å². The van der Waals surface area contributed by atoms with E-state index >= 15 is 0 Å². The van der Waals surface area contributed by atoms with Crippen LogP contribution in [0.15, 0.2) is 103 Å². The molecule has 0 fully saturated rings. The largest absolute Gasteiger partial charge is 0.353 e. The van der Waals surface area contributed by atoms with Gasteiger partial charge in [0.25, 0.3) is 0 Å². The average Bonchev–Trinajstić information content (AvgIpc) is 3.17. The van der Waals surface area contributed by atoms with E-state index in [9.17, 15) is 0 Å². The maximum absolute atomic E-state index is 6.29. The first kappa shape index (κ1) is 42.2. The molecule has 2 nitrogen and oxygen atoms in total. The summed E-state index contributed by atoms with van der Waals surface area (Å²) >= 11 is 0. The van der Waals surface area contributed by atoms with Crippen LogP contribution < -0.4 is 15.9 Å². The zero-order chi connectivity index (χ0) is 35.2. The van der Waals surface area contributed by atoms with Gasteiger partial charge in [0.15, 0.2) is 6.29 Å². The Kier molecular flexibility index (Phi) is 23.9. The van der Waals surface area contributed by atoms with Crippen LogP contribution in [0.3, 0.4) is 0 Å². The van der Waals surface area contributed by atoms with E-state index in [-0.39, 0.29) is 6.29 Å². The van der Waals surface area contributed by atoms with Crippen LogP contribution in [0.1, 0.15) is 149 Å². The molecule has 0 unspecified atom stereocenters. The summed E-state index contributed by atoms with van der Waals surface area (Å²) in [4.78, 5) is 0. The zero-order valence-electron chi connectivity index (χ0n) is 32.1. The van der Waals surface area contributed by atoms with Crippen molar-refractivity contribution in [3.63, 3.8) is 0 Å². The molecule has 0 aliphatic rings. The molecule has 0 aliphatic carbocycles. The van der Waals surface area contributed by atoms with Crippen molar-refractivity contribution >= 4 is 23.2 Å². The summed E-state index contributed by atoms with van der Waals surface area (Å²) in [6, 6.07) is 33.8. The number of hydrogen-bond acceptors (Lipinski definition) is 2. The van der Waals surface area contributed by atoms with Crippen LogP contribution in [0.2, 0.25) is 0 Å². The van der Waals surface area contributed by atoms with E-state index in [4.69, 9.17) is 9.47 Å². The normalized spacial score (nSPS) is 12.0. The summed E-state index contributed by atoms with van der Waals surface area (Å²) in [6.45, 7) is 6.27. The second-order valence-electron chi connectivity index (χ2n) is 14.2. The van der Waals surface area contributed by atoms with Gasteiger partial charge in [-0.3, -0.25) is 0 Å². The van der Waals surface area contributed by atoms with Gasteiger partial charge in [-0.2, -0.15) is 0 Å². The molecule has 276 valence electrons. The third-order valence-corrected chi connectivity index (χ3v) is 14.6. The molecule has 50 heavy (non-hydrogen) atoms. The lowest BCUT2D eigenvalue weighted by Gasteiger charge is -2.27. The van der Waals surface area contributed by atoms with Crippen LogP contribution in [0.25, 0.3) is 0 Å². The van der Waals surface area contributed by atoms with Crippen molar-refractivity contribution in [1.29, 1.82) is 0 Å². The third-order valence-electron chi connectivity index (χ3n) is 10.0. The molecule has 3 heteroatoms. The number of allylic oxidation sites excluding steroid dienone is 2. The fourth-order valence-corrected chi connectivity index (χ4v) is 11.4. The first-order valence-electron chi connectivity index (χ1n) is 20.7. The van der Waals surface area contributed by atoms with Crippen molar-refractivity contribution in [2.24, 2.45) is 0 Å². The van der Waals surface area contributed by atoms with Crippen LogP contribution in [0.4, 0.5) is 0 Å². The van der Waals surface area contributed by atoms with Gasteiger partial charge in [0.05, 0.1) is 6.16 Å². The molecule has 0 heterocycles. The highest BCUT2D eigenvalue weighted by molar-refractivity contribution is 7.95. The SMILES string of the molecule is CCCCCCCCCOC(CCCCC/C=C\CCC[P+](c1ccccc1)(c1ccccc1)c1ccccc1)OCCCCCCCCC. The van der Waals surface area contributed by atoms with Gasteiger partial charge >= 0.3 is 0 Å². The first-order valence-corrected chi connectivity index (χ1v) is 22.7. The lowest BCUT2D eigenvalue weighted by molar-refractivity contribution is -0.148. The van der Waals surface area contributed by atoms with Crippen LogP contribution in [-0.4, -0.2) is 25.7 Å². The van der Waals surface area contributed by atoms with E-state index in [1.165, 1.54) is 144 Å². The van der Waals surface area contributed by atoms with Crippen LogP contribution in [0, 0.1) is 0 Å². The number of ether oxygens (including phenoxy) is 2. The minimum absolute atomic E-state index is 0.0202. The van der Waals surface area contributed by atoms with Gasteiger partial charge in [0.1, 0.15) is 23.2 Å². The quantitative estimate of drug-likeness (QED) is 0.0288. The summed E-state index contributed by atoms with van der Waals surface area (Å²) in [5, 5.41) is 4.45. The van der Waals surface area contributed by atoms with E-state index in [2.05, 4.69) is 117 Å². The number of hydrogen-bond donors (Lipinski definition) is 0. The van der Waals surface area contributed by atoms with Crippen LogP contribution in [-0.2, 0) is 9.47 Å². The van der Waals surface area contributed by atoms with E-state index in [0.717, 1.165) is 26.1 Å². The standard InChI is InChI=1S/C47H72O2P/c1-3-5-7-9-14-18-31-41-48-47(49-42-32-19-15-10-8-6-4-2)40-30-17-13-11-12-16-20-33-43-50(44-34-24-21-25-35-44,45-36-26-22-27-37-45)46-38-28-23-29-39-46/h12,16,21-29,34-39,47H,3-11,13-15,17-20,30-33,40-43H2,1-2H3/q+1/b16-12-. The predicted octanol–water partition coefficient (Wildman–Crippen LogP) is 13.1. The maximum Gasteiger partial charge on any atom is 0.157 e. The van der Waals surface area contributed by atoms with Gasteiger partial charge in [-0.05, 0) is 87.8 Å². The minimum atomic E-state index is -1.73. The molecule has 0 amide bonds.